The summed E-state index contributed by atoms with van der Waals surface area (Å²) >= 11 is 0. The van der Waals surface area contributed by atoms with Gasteiger partial charge in [0.25, 0.3) is 17.8 Å². The lowest BCUT2D eigenvalue weighted by Gasteiger charge is -2.24. The van der Waals surface area contributed by atoms with E-state index in [4.69, 9.17) is 19.8 Å². The SMILES string of the molecule is CC(=O)O.CC(=O)O.CC(C)N(C(=O)C=O)c1ccccc1. The molecule has 122 valence electrons. The number of amides is 1. The van der Waals surface area contributed by atoms with Crippen molar-refractivity contribution in [3.8, 4) is 0 Å². The van der Waals surface area contributed by atoms with Gasteiger partial charge in [-0.25, -0.2) is 0 Å². The van der Waals surface area contributed by atoms with E-state index in [1.54, 1.807) is 12.1 Å². The quantitative estimate of drug-likeness (QED) is 0.650. The summed E-state index contributed by atoms with van der Waals surface area (Å²) < 4.78 is 0. The maximum atomic E-state index is 11.3. The van der Waals surface area contributed by atoms with Crippen LogP contribution in [0.4, 0.5) is 5.69 Å². The number of benzene rings is 1. The molecule has 0 radical (unpaired) electrons. The van der Waals surface area contributed by atoms with E-state index in [2.05, 4.69) is 0 Å². The highest BCUT2D eigenvalue weighted by Gasteiger charge is 2.17. The molecule has 1 aromatic rings. The molecule has 0 aliphatic heterocycles. The predicted molar refractivity (Wildman–Crippen MR) is 81.7 cm³/mol. The van der Waals surface area contributed by atoms with Gasteiger partial charge >= 0.3 is 0 Å². The van der Waals surface area contributed by atoms with Crippen molar-refractivity contribution >= 4 is 29.8 Å². The molecule has 0 atom stereocenters. The molecule has 2 N–H and O–H groups in total. The molecule has 0 bridgehead atoms. The molecule has 1 rings (SSSR count). The van der Waals surface area contributed by atoms with E-state index in [9.17, 15) is 9.59 Å². The van der Waals surface area contributed by atoms with Crippen LogP contribution in [0.1, 0.15) is 27.7 Å². The molecule has 22 heavy (non-hydrogen) atoms. The third kappa shape index (κ3) is 12.3. The highest BCUT2D eigenvalue weighted by molar-refractivity contribution is 6.30. The topological polar surface area (TPSA) is 112 Å². The Kier molecular flexibility index (Phi) is 11.9. The highest BCUT2D eigenvalue weighted by Crippen LogP contribution is 2.15. The zero-order valence-corrected chi connectivity index (χ0v) is 13.0. The van der Waals surface area contributed by atoms with Crippen LogP contribution < -0.4 is 4.90 Å². The molecule has 0 unspecified atom stereocenters. The Hall–Kier alpha value is -2.70. The van der Waals surface area contributed by atoms with Crippen molar-refractivity contribution in [1.29, 1.82) is 0 Å². The van der Waals surface area contributed by atoms with Gasteiger partial charge in [0.2, 0.25) is 6.29 Å². The molecule has 0 fully saturated rings. The van der Waals surface area contributed by atoms with Crippen LogP contribution in [0, 0.1) is 0 Å². The van der Waals surface area contributed by atoms with Crippen molar-refractivity contribution in [2.45, 2.75) is 33.7 Å². The van der Waals surface area contributed by atoms with Crippen LogP contribution in [0.5, 0.6) is 0 Å². The summed E-state index contributed by atoms with van der Waals surface area (Å²) in [7, 11) is 0. The summed E-state index contributed by atoms with van der Waals surface area (Å²) in [6.07, 6.45) is 0.340. The van der Waals surface area contributed by atoms with Crippen LogP contribution >= 0.6 is 0 Å². The van der Waals surface area contributed by atoms with Gasteiger partial charge in [-0.3, -0.25) is 19.2 Å². The fourth-order valence-corrected chi connectivity index (χ4v) is 1.33. The summed E-state index contributed by atoms with van der Waals surface area (Å²) in [5.74, 6) is -2.17. The normalized spacial score (nSPS) is 8.59. The van der Waals surface area contributed by atoms with Gasteiger partial charge in [0.1, 0.15) is 0 Å². The summed E-state index contributed by atoms with van der Waals surface area (Å²) in [5, 5.41) is 14.8. The van der Waals surface area contributed by atoms with E-state index < -0.39 is 17.8 Å². The van der Waals surface area contributed by atoms with E-state index in [1.807, 2.05) is 32.0 Å². The smallest absolute Gasteiger partial charge is 0.300 e. The second-order valence-corrected chi connectivity index (χ2v) is 4.29. The number of anilines is 1. The van der Waals surface area contributed by atoms with Crippen LogP contribution in [0.15, 0.2) is 30.3 Å². The summed E-state index contributed by atoms with van der Waals surface area (Å²) in [5.41, 5.74) is 0.750. The molecule has 1 amide bonds. The number of nitrogens with zero attached hydrogens (tertiary/aromatic N) is 1. The molecular weight excluding hydrogens is 290 g/mol. The molecule has 0 saturated heterocycles. The zero-order chi connectivity index (χ0) is 17.7. The molecule has 0 spiro atoms. The number of carboxylic acid groups (broad SMARTS) is 2. The number of carbonyl (C=O) groups is 4. The molecule has 0 aromatic heterocycles. The largest absolute Gasteiger partial charge is 0.481 e. The minimum Gasteiger partial charge on any atom is -0.481 e. The second-order valence-electron chi connectivity index (χ2n) is 4.29. The minimum absolute atomic E-state index is 0.0184. The van der Waals surface area contributed by atoms with Crippen molar-refractivity contribution in [2.75, 3.05) is 4.90 Å². The first-order valence-corrected chi connectivity index (χ1v) is 6.35. The fraction of sp³-hybridized carbons (Fsp3) is 0.333. The molecule has 0 aliphatic rings. The van der Waals surface area contributed by atoms with Crippen LogP contribution in [0.2, 0.25) is 0 Å². The number of para-hydroxylation sites is 1. The van der Waals surface area contributed by atoms with E-state index in [1.165, 1.54) is 4.90 Å². The van der Waals surface area contributed by atoms with E-state index >= 15 is 0 Å². The monoisotopic (exact) mass is 311 g/mol. The second kappa shape index (κ2) is 12.1. The maximum Gasteiger partial charge on any atom is 0.300 e. The number of rotatable bonds is 3. The molecule has 7 heteroatoms. The third-order valence-corrected chi connectivity index (χ3v) is 1.89. The highest BCUT2D eigenvalue weighted by atomic mass is 16.4. The Morgan fingerprint density at radius 2 is 1.36 bits per heavy atom. The summed E-state index contributed by atoms with van der Waals surface area (Å²) in [6, 6.07) is 9.14. The van der Waals surface area contributed by atoms with Crippen LogP contribution in [0.25, 0.3) is 0 Å². The maximum absolute atomic E-state index is 11.3. The molecular formula is C15H21NO6. The van der Waals surface area contributed by atoms with E-state index in [0.29, 0.717) is 6.29 Å². The number of carboxylic acids is 2. The van der Waals surface area contributed by atoms with Crippen LogP contribution in [0.3, 0.4) is 0 Å². The summed E-state index contributed by atoms with van der Waals surface area (Å²) in [4.78, 5) is 41.2. The standard InChI is InChI=1S/C11H13NO2.2C2H4O2/c1-9(2)12(11(14)8-13)10-6-4-3-5-7-10;2*1-2(3)4/h3-9H,1-2H3;2*1H3,(H,3,4). The molecule has 0 saturated carbocycles. The van der Waals surface area contributed by atoms with Crippen LogP contribution in [-0.4, -0.2) is 40.4 Å². The third-order valence-electron chi connectivity index (χ3n) is 1.89. The average molecular weight is 311 g/mol. The number of aliphatic carboxylic acids is 2. The van der Waals surface area contributed by atoms with Gasteiger partial charge in [-0.1, -0.05) is 18.2 Å². The van der Waals surface area contributed by atoms with Gasteiger partial charge < -0.3 is 15.1 Å². The lowest BCUT2D eigenvalue weighted by atomic mass is 10.2. The molecule has 0 aliphatic carbocycles. The minimum atomic E-state index is -0.833. The molecule has 7 nitrogen and oxygen atoms in total. The lowest BCUT2D eigenvalue weighted by molar-refractivity contribution is -0.135. The predicted octanol–water partition coefficient (Wildman–Crippen LogP) is 1.81. The van der Waals surface area contributed by atoms with Gasteiger partial charge in [-0.05, 0) is 26.0 Å². The number of hydrogen-bond acceptors (Lipinski definition) is 4. The van der Waals surface area contributed by atoms with Crippen molar-refractivity contribution in [1.82, 2.24) is 0 Å². The summed E-state index contributed by atoms with van der Waals surface area (Å²) in [6.45, 7) is 5.91. The first-order chi connectivity index (χ1) is 10.1. The average Bonchev–Trinajstić information content (AvgIpc) is 2.38. The van der Waals surface area contributed by atoms with Gasteiger partial charge in [0.15, 0.2) is 0 Å². The first kappa shape index (κ1) is 21.6. The molecule has 0 heterocycles. The van der Waals surface area contributed by atoms with E-state index in [-0.39, 0.29) is 6.04 Å². The van der Waals surface area contributed by atoms with Crippen molar-refractivity contribution < 1.29 is 29.4 Å². The Balaban J connectivity index is 0. The van der Waals surface area contributed by atoms with Crippen molar-refractivity contribution in [3.05, 3.63) is 30.3 Å². The fourth-order valence-electron chi connectivity index (χ4n) is 1.33. The molecule has 1 aromatic carbocycles. The first-order valence-electron chi connectivity index (χ1n) is 6.35. The van der Waals surface area contributed by atoms with Crippen molar-refractivity contribution in [2.24, 2.45) is 0 Å². The Morgan fingerprint density at radius 3 is 1.64 bits per heavy atom. The number of carbonyl (C=O) groups excluding carboxylic acids is 2. The Labute approximate surface area is 129 Å². The Bertz CT molecular complexity index is 464. The van der Waals surface area contributed by atoms with Gasteiger partial charge in [-0.15, -0.1) is 0 Å². The van der Waals surface area contributed by atoms with E-state index in [0.717, 1.165) is 19.5 Å². The van der Waals surface area contributed by atoms with Crippen LogP contribution in [-0.2, 0) is 19.2 Å². The Morgan fingerprint density at radius 1 is 1.00 bits per heavy atom. The van der Waals surface area contributed by atoms with Gasteiger partial charge in [0, 0.05) is 25.6 Å². The number of hydrogen-bond donors (Lipinski definition) is 2. The number of aldehydes is 1. The lowest BCUT2D eigenvalue weighted by Crippen LogP contribution is -2.37. The zero-order valence-electron chi connectivity index (χ0n) is 13.0. The van der Waals surface area contributed by atoms with Crippen molar-refractivity contribution in [3.63, 3.8) is 0 Å². The van der Waals surface area contributed by atoms with Gasteiger partial charge in [-0.2, -0.15) is 0 Å². The van der Waals surface area contributed by atoms with Gasteiger partial charge in [0.05, 0.1) is 0 Å².